The van der Waals surface area contributed by atoms with Crippen molar-refractivity contribution in [2.45, 2.75) is 25.7 Å². The van der Waals surface area contributed by atoms with Gasteiger partial charge in [0.2, 0.25) is 0 Å². The molecule has 2 aromatic heterocycles. The summed E-state index contributed by atoms with van der Waals surface area (Å²) < 4.78 is 5.21. The van der Waals surface area contributed by atoms with Crippen molar-refractivity contribution >= 4 is 17.0 Å². The fourth-order valence-corrected chi connectivity index (χ4v) is 3.26. The minimum Gasteiger partial charge on any atom is -0.394 e. The summed E-state index contributed by atoms with van der Waals surface area (Å²) in [7, 11) is 0. The van der Waals surface area contributed by atoms with E-state index in [-0.39, 0.29) is 0 Å². The summed E-state index contributed by atoms with van der Waals surface area (Å²) >= 11 is 1.82. The highest BCUT2D eigenvalue weighted by molar-refractivity contribution is 7.10. The van der Waals surface area contributed by atoms with Gasteiger partial charge in [-0.3, -0.25) is 0 Å². The molecule has 0 amide bonds. The lowest BCUT2D eigenvalue weighted by Crippen LogP contribution is -1.99. The van der Waals surface area contributed by atoms with Crippen molar-refractivity contribution in [2.24, 2.45) is 0 Å². The van der Waals surface area contributed by atoms with E-state index in [0.717, 1.165) is 17.7 Å². The van der Waals surface area contributed by atoms with Gasteiger partial charge in [-0.15, -0.1) is 11.3 Å². The van der Waals surface area contributed by atoms with Gasteiger partial charge >= 0.3 is 0 Å². The molecule has 2 aromatic rings. The smallest absolute Gasteiger partial charge is 0.190 e. The Labute approximate surface area is 91.9 Å². The standard InChI is InChI=1S/C11H12N2OS/c12-9-5-13-14-11(9)8-6-15-10-4-2-1-3-7(8)10/h5-6H,1-4,12H2. The number of aromatic nitrogens is 1. The maximum atomic E-state index is 5.81. The van der Waals surface area contributed by atoms with Gasteiger partial charge in [0.25, 0.3) is 0 Å². The highest BCUT2D eigenvalue weighted by atomic mass is 32.1. The molecule has 0 saturated carbocycles. The number of nitrogens with two attached hydrogens (primary N) is 1. The number of hydrogen-bond acceptors (Lipinski definition) is 4. The second kappa shape index (κ2) is 3.38. The van der Waals surface area contributed by atoms with Gasteiger partial charge in [0, 0.05) is 15.8 Å². The molecule has 4 heteroatoms. The Morgan fingerprint density at radius 1 is 1.33 bits per heavy atom. The van der Waals surface area contributed by atoms with Gasteiger partial charge in [0.15, 0.2) is 5.76 Å². The van der Waals surface area contributed by atoms with Crippen LogP contribution in [0.25, 0.3) is 11.3 Å². The quantitative estimate of drug-likeness (QED) is 0.804. The third-order valence-corrected chi connectivity index (χ3v) is 3.99. The van der Waals surface area contributed by atoms with Gasteiger partial charge in [-0.1, -0.05) is 5.16 Å². The van der Waals surface area contributed by atoms with E-state index in [0.29, 0.717) is 5.69 Å². The monoisotopic (exact) mass is 220 g/mol. The number of anilines is 1. The third kappa shape index (κ3) is 1.36. The molecule has 0 saturated heterocycles. The van der Waals surface area contributed by atoms with E-state index in [4.69, 9.17) is 10.3 Å². The van der Waals surface area contributed by atoms with Crippen molar-refractivity contribution in [3.63, 3.8) is 0 Å². The van der Waals surface area contributed by atoms with Crippen LogP contribution >= 0.6 is 11.3 Å². The van der Waals surface area contributed by atoms with E-state index < -0.39 is 0 Å². The van der Waals surface area contributed by atoms with Crippen LogP contribution in [0.4, 0.5) is 5.69 Å². The SMILES string of the molecule is Nc1cnoc1-c1csc2c1CCCC2. The lowest BCUT2D eigenvalue weighted by atomic mass is 9.95. The minimum absolute atomic E-state index is 0.640. The third-order valence-electron chi connectivity index (χ3n) is 2.90. The van der Waals surface area contributed by atoms with Gasteiger partial charge in [-0.05, 0) is 31.2 Å². The summed E-state index contributed by atoms with van der Waals surface area (Å²) in [4.78, 5) is 1.49. The number of fused-ring (bicyclic) bond motifs is 1. The molecule has 0 spiro atoms. The minimum atomic E-state index is 0.640. The van der Waals surface area contributed by atoms with Gasteiger partial charge in [0.05, 0.1) is 6.20 Å². The first-order valence-electron chi connectivity index (χ1n) is 5.16. The van der Waals surface area contributed by atoms with Crippen molar-refractivity contribution < 1.29 is 4.52 Å². The van der Waals surface area contributed by atoms with Crippen molar-refractivity contribution in [3.05, 3.63) is 22.0 Å². The number of rotatable bonds is 1. The van der Waals surface area contributed by atoms with Crippen molar-refractivity contribution in [1.29, 1.82) is 0 Å². The zero-order chi connectivity index (χ0) is 10.3. The number of nitrogens with zero attached hydrogens (tertiary/aromatic N) is 1. The average molecular weight is 220 g/mol. The van der Waals surface area contributed by atoms with Crippen LogP contribution < -0.4 is 5.73 Å². The number of hydrogen-bond donors (Lipinski definition) is 1. The predicted octanol–water partition coefficient (Wildman–Crippen LogP) is 2.86. The Morgan fingerprint density at radius 3 is 3.00 bits per heavy atom. The van der Waals surface area contributed by atoms with E-state index in [1.807, 2.05) is 11.3 Å². The van der Waals surface area contributed by atoms with E-state index in [9.17, 15) is 0 Å². The van der Waals surface area contributed by atoms with E-state index in [1.54, 1.807) is 6.20 Å². The van der Waals surface area contributed by atoms with Gasteiger partial charge in [-0.25, -0.2) is 0 Å². The number of nitrogen functional groups attached to an aromatic ring is 1. The first kappa shape index (κ1) is 8.97. The van der Waals surface area contributed by atoms with Crippen LogP contribution in [0.5, 0.6) is 0 Å². The van der Waals surface area contributed by atoms with E-state index >= 15 is 0 Å². The van der Waals surface area contributed by atoms with E-state index in [1.165, 1.54) is 29.7 Å². The highest BCUT2D eigenvalue weighted by Gasteiger charge is 2.20. The van der Waals surface area contributed by atoms with Crippen LogP contribution in [0.3, 0.4) is 0 Å². The summed E-state index contributed by atoms with van der Waals surface area (Å²) in [5, 5.41) is 5.88. The molecule has 0 bridgehead atoms. The fourth-order valence-electron chi connectivity index (χ4n) is 2.14. The highest BCUT2D eigenvalue weighted by Crippen LogP contribution is 2.38. The Hall–Kier alpha value is -1.29. The Kier molecular flexibility index (Phi) is 2.02. The molecule has 78 valence electrons. The number of aryl methyl sites for hydroxylation is 1. The molecule has 1 aliphatic carbocycles. The van der Waals surface area contributed by atoms with Gasteiger partial charge < -0.3 is 10.3 Å². The molecular formula is C11H12N2OS. The lowest BCUT2D eigenvalue weighted by molar-refractivity contribution is 0.432. The molecule has 0 aliphatic heterocycles. The topological polar surface area (TPSA) is 52.0 Å². The first-order chi connectivity index (χ1) is 7.36. The first-order valence-corrected chi connectivity index (χ1v) is 6.04. The van der Waals surface area contributed by atoms with Crippen LogP contribution in [-0.4, -0.2) is 5.16 Å². The summed E-state index contributed by atoms with van der Waals surface area (Å²) in [6, 6.07) is 0. The van der Waals surface area contributed by atoms with Gasteiger partial charge in [-0.2, -0.15) is 0 Å². The molecule has 2 N–H and O–H groups in total. The Balaban J connectivity index is 2.13. The second-order valence-electron chi connectivity index (χ2n) is 3.87. The molecule has 0 radical (unpaired) electrons. The molecule has 3 nitrogen and oxygen atoms in total. The van der Waals surface area contributed by atoms with E-state index in [2.05, 4.69) is 10.5 Å². The van der Waals surface area contributed by atoms with Crippen molar-refractivity contribution in [3.8, 4) is 11.3 Å². The molecule has 3 rings (SSSR count). The molecular weight excluding hydrogens is 208 g/mol. The molecule has 15 heavy (non-hydrogen) atoms. The molecule has 0 atom stereocenters. The number of thiophene rings is 1. The zero-order valence-corrected chi connectivity index (χ0v) is 9.14. The molecule has 0 aromatic carbocycles. The van der Waals surface area contributed by atoms with Crippen LogP contribution in [0, 0.1) is 0 Å². The van der Waals surface area contributed by atoms with Crippen molar-refractivity contribution in [1.82, 2.24) is 5.16 Å². The largest absolute Gasteiger partial charge is 0.394 e. The molecule has 0 fully saturated rings. The predicted molar refractivity (Wildman–Crippen MR) is 60.9 cm³/mol. The van der Waals surface area contributed by atoms with Crippen LogP contribution in [0.15, 0.2) is 16.1 Å². The van der Waals surface area contributed by atoms with Crippen LogP contribution in [0.2, 0.25) is 0 Å². The van der Waals surface area contributed by atoms with Crippen LogP contribution in [-0.2, 0) is 12.8 Å². The lowest BCUT2D eigenvalue weighted by Gasteiger charge is -2.11. The summed E-state index contributed by atoms with van der Waals surface area (Å²) in [5.41, 5.74) is 9.04. The Bertz CT molecular complexity index is 486. The Morgan fingerprint density at radius 2 is 2.20 bits per heavy atom. The van der Waals surface area contributed by atoms with Crippen LogP contribution in [0.1, 0.15) is 23.3 Å². The zero-order valence-electron chi connectivity index (χ0n) is 8.32. The van der Waals surface area contributed by atoms with Crippen molar-refractivity contribution in [2.75, 3.05) is 5.73 Å². The average Bonchev–Trinajstić information content (AvgIpc) is 2.83. The summed E-state index contributed by atoms with van der Waals surface area (Å²) in [6.07, 6.45) is 6.49. The summed E-state index contributed by atoms with van der Waals surface area (Å²) in [6.45, 7) is 0. The second-order valence-corrected chi connectivity index (χ2v) is 4.83. The maximum absolute atomic E-state index is 5.81. The maximum Gasteiger partial charge on any atom is 0.190 e. The fraction of sp³-hybridized carbons (Fsp3) is 0.364. The molecule has 1 aliphatic rings. The summed E-state index contributed by atoms with van der Waals surface area (Å²) in [5.74, 6) is 0.745. The molecule has 2 heterocycles. The molecule has 0 unspecified atom stereocenters. The van der Waals surface area contributed by atoms with Gasteiger partial charge in [0.1, 0.15) is 5.69 Å². The normalized spacial score (nSPS) is 15.2.